The van der Waals surface area contributed by atoms with Crippen molar-refractivity contribution in [3.05, 3.63) is 29.3 Å². The number of primary amides is 1. The zero-order valence-corrected chi connectivity index (χ0v) is 16.2. The molecular weight excluding hydrogens is 350 g/mol. The molecule has 148 valence electrons. The van der Waals surface area contributed by atoms with Crippen molar-refractivity contribution < 1.29 is 23.9 Å². The first-order valence-corrected chi connectivity index (χ1v) is 8.82. The summed E-state index contributed by atoms with van der Waals surface area (Å²) in [5.41, 5.74) is 6.59. The molecule has 8 nitrogen and oxygen atoms in total. The van der Waals surface area contributed by atoms with Crippen LogP contribution in [0.5, 0.6) is 5.75 Å². The summed E-state index contributed by atoms with van der Waals surface area (Å²) in [5.74, 6) is -0.354. The van der Waals surface area contributed by atoms with E-state index in [4.69, 9.17) is 15.2 Å². The van der Waals surface area contributed by atoms with E-state index in [2.05, 4.69) is 5.32 Å². The normalized spacial score (nSPS) is 14.7. The van der Waals surface area contributed by atoms with Gasteiger partial charge >= 0.3 is 6.09 Å². The molecule has 1 atom stereocenters. The van der Waals surface area contributed by atoms with E-state index in [1.54, 1.807) is 32.8 Å². The maximum absolute atomic E-state index is 13.0. The second-order valence-corrected chi connectivity index (χ2v) is 7.48. The van der Waals surface area contributed by atoms with Gasteiger partial charge in [0.1, 0.15) is 17.4 Å². The summed E-state index contributed by atoms with van der Waals surface area (Å²) in [5, 5.41) is 2.47. The van der Waals surface area contributed by atoms with Crippen LogP contribution in [0, 0.1) is 0 Å². The number of alkyl carbamates (subject to hydrolysis) is 1. The smallest absolute Gasteiger partial charge is 0.408 e. The number of ether oxygens (including phenoxy) is 2. The predicted octanol–water partition coefficient (Wildman–Crippen LogP) is 1.35. The first-order valence-electron chi connectivity index (χ1n) is 8.82. The van der Waals surface area contributed by atoms with E-state index < -0.39 is 23.6 Å². The Hall–Kier alpha value is -2.77. The van der Waals surface area contributed by atoms with Crippen LogP contribution >= 0.6 is 0 Å². The Balaban J connectivity index is 2.15. The van der Waals surface area contributed by atoms with Crippen LogP contribution in [0.2, 0.25) is 0 Å². The van der Waals surface area contributed by atoms with Crippen LogP contribution < -0.4 is 15.8 Å². The number of hydrogen-bond acceptors (Lipinski definition) is 5. The number of hydrogen-bond donors (Lipinski definition) is 2. The maximum Gasteiger partial charge on any atom is 0.408 e. The molecule has 0 fully saturated rings. The van der Waals surface area contributed by atoms with Crippen molar-refractivity contribution in [3.63, 3.8) is 0 Å². The lowest BCUT2D eigenvalue weighted by Gasteiger charge is -2.32. The van der Waals surface area contributed by atoms with E-state index in [0.717, 1.165) is 11.1 Å². The SMILES string of the molecule is COc1cccc2c1CN(C(=O)C(CC(N)=O)NC(=O)OC(C)(C)C)CC2. The van der Waals surface area contributed by atoms with Crippen LogP contribution in [0.1, 0.15) is 38.3 Å². The lowest BCUT2D eigenvalue weighted by molar-refractivity contribution is -0.136. The number of benzene rings is 1. The molecule has 0 aliphatic carbocycles. The minimum Gasteiger partial charge on any atom is -0.496 e. The van der Waals surface area contributed by atoms with Gasteiger partial charge in [0.15, 0.2) is 0 Å². The summed E-state index contributed by atoms with van der Waals surface area (Å²) in [7, 11) is 1.58. The Morgan fingerprint density at radius 1 is 1.30 bits per heavy atom. The fourth-order valence-electron chi connectivity index (χ4n) is 3.00. The third-order valence-corrected chi connectivity index (χ3v) is 4.16. The predicted molar refractivity (Wildman–Crippen MR) is 99.1 cm³/mol. The molecule has 1 aromatic carbocycles. The van der Waals surface area contributed by atoms with Crippen molar-refractivity contribution in [3.8, 4) is 5.75 Å². The van der Waals surface area contributed by atoms with Crippen molar-refractivity contribution >= 4 is 17.9 Å². The summed E-state index contributed by atoms with van der Waals surface area (Å²) >= 11 is 0. The first-order chi connectivity index (χ1) is 12.6. The highest BCUT2D eigenvalue weighted by Gasteiger charge is 2.32. The monoisotopic (exact) mass is 377 g/mol. The van der Waals surface area contributed by atoms with Crippen LogP contribution in [0.15, 0.2) is 18.2 Å². The van der Waals surface area contributed by atoms with Gasteiger partial charge in [0.25, 0.3) is 0 Å². The molecule has 1 aromatic rings. The van der Waals surface area contributed by atoms with E-state index in [9.17, 15) is 14.4 Å². The molecular formula is C19H27N3O5. The molecule has 27 heavy (non-hydrogen) atoms. The quantitative estimate of drug-likeness (QED) is 0.805. The fraction of sp³-hybridized carbons (Fsp3) is 0.526. The zero-order chi connectivity index (χ0) is 20.2. The number of amides is 3. The fourth-order valence-corrected chi connectivity index (χ4v) is 3.00. The van der Waals surface area contributed by atoms with Gasteiger partial charge in [0.05, 0.1) is 13.5 Å². The number of nitrogens with one attached hydrogen (secondary N) is 1. The highest BCUT2D eigenvalue weighted by Crippen LogP contribution is 2.28. The van der Waals surface area contributed by atoms with Crippen molar-refractivity contribution in [1.82, 2.24) is 10.2 Å². The standard InChI is InChI=1S/C19H27N3O5/c1-19(2,3)27-18(25)21-14(10-16(20)23)17(24)22-9-8-12-6-5-7-15(26-4)13(12)11-22/h5-7,14H,8-11H2,1-4H3,(H2,20,23)(H,21,25). The Morgan fingerprint density at radius 3 is 2.59 bits per heavy atom. The van der Waals surface area contributed by atoms with Crippen LogP contribution in [0.3, 0.4) is 0 Å². The molecule has 1 aliphatic heterocycles. The molecule has 1 aliphatic rings. The number of carbonyl (C=O) groups excluding carboxylic acids is 3. The number of nitrogens with zero attached hydrogens (tertiary/aromatic N) is 1. The van der Waals surface area contributed by atoms with Gasteiger partial charge in [0, 0.05) is 18.7 Å². The van der Waals surface area contributed by atoms with Crippen molar-refractivity contribution in [1.29, 1.82) is 0 Å². The van der Waals surface area contributed by atoms with Gasteiger partial charge < -0.3 is 25.4 Å². The largest absolute Gasteiger partial charge is 0.496 e. The molecule has 3 N–H and O–H groups in total. The van der Waals surface area contributed by atoms with Gasteiger partial charge in [-0.05, 0) is 38.8 Å². The van der Waals surface area contributed by atoms with Gasteiger partial charge in [-0.1, -0.05) is 12.1 Å². The Labute approximate surface area is 159 Å². The van der Waals surface area contributed by atoms with Crippen LogP contribution in [0.4, 0.5) is 4.79 Å². The highest BCUT2D eigenvalue weighted by molar-refractivity contribution is 5.90. The van der Waals surface area contributed by atoms with Gasteiger partial charge in [-0.2, -0.15) is 0 Å². The topological polar surface area (TPSA) is 111 Å². The minimum absolute atomic E-state index is 0.298. The molecule has 3 amide bonds. The molecule has 1 heterocycles. The van der Waals surface area contributed by atoms with Crippen LogP contribution in [0.25, 0.3) is 0 Å². The van der Waals surface area contributed by atoms with Crippen molar-refractivity contribution in [2.24, 2.45) is 5.73 Å². The number of nitrogens with two attached hydrogens (primary N) is 1. The summed E-state index contributed by atoms with van der Waals surface area (Å²) < 4.78 is 10.6. The molecule has 8 heteroatoms. The van der Waals surface area contributed by atoms with E-state index in [1.807, 2.05) is 18.2 Å². The molecule has 0 radical (unpaired) electrons. The molecule has 0 saturated carbocycles. The Morgan fingerprint density at radius 2 is 2.00 bits per heavy atom. The second kappa shape index (κ2) is 8.28. The average molecular weight is 377 g/mol. The lowest BCUT2D eigenvalue weighted by Crippen LogP contribution is -2.52. The molecule has 1 unspecified atom stereocenters. The third kappa shape index (κ3) is 5.60. The number of rotatable bonds is 5. The van der Waals surface area contributed by atoms with Crippen LogP contribution in [-0.2, 0) is 27.3 Å². The summed E-state index contributed by atoms with van der Waals surface area (Å²) in [6.07, 6.45) is -0.404. The summed E-state index contributed by atoms with van der Waals surface area (Å²) in [4.78, 5) is 38.0. The van der Waals surface area contributed by atoms with Gasteiger partial charge in [-0.3, -0.25) is 9.59 Å². The Bertz CT molecular complexity index is 712. The average Bonchev–Trinajstić information content (AvgIpc) is 2.57. The third-order valence-electron chi connectivity index (χ3n) is 4.16. The summed E-state index contributed by atoms with van der Waals surface area (Å²) in [6.45, 7) is 5.95. The molecule has 0 bridgehead atoms. The van der Waals surface area contributed by atoms with E-state index in [-0.39, 0.29) is 12.3 Å². The van der Waals surface area contributed by atoms with Crippen LogP contribution in [-0.4, -0.2) is 48.1 Å². The molecule has 0 saturated heterocycles. The first kappa shape index (κ1) is 20.5. The molecule has 0 spiro atoms. The molecule has 0 aromatic heterocycles. The minimum atomic E-state index is -1.08. The van der Waals surface area contributed by atoms with Crippen molar-refractivity contribution in [2.75, 3.05) is 13.7 Å². The second-order valence-electron chi connectivity index (χ2n) is 7.48. The Kier molecular flexibility index (Phi) is 6.30. The maximum atomic E-state index is 13.0. The molecule has 2 rings (SSSR count). The van der Waals surface area contributed by atoms with E-state index in [1.165, 1.54) is 0 Å². The summed E-state index contributed by atoms with van der Waals surface area (Å²) in [6, 6.07) is 4.68. The number of carbonyl (C=O) groups is 3. The van der Waals surface area contributed by atoms with E-state index >= 15 is 0 Å². The number of fused-ring (bicyclic) bond motifs is 1. The van der Waals surface area contributed by atoms with Crippen molar-refractivity contribution in [2.45, 2.75) is 51.8 Å². The lowest BCUT2D eigenvalue weighted by atomic mass is 9.98. The van der Waals surface area contributed by atoms with Gasteiger partial charge in [-0.25, -0.2) is 4.79 Å². The van der Waals surface area contributed by atoms with Gasteiger partial charge in [-0.15, -0.1) is 0 Å². The zero-order valence-electron chi connectivity index (χ0n) is 16.2. The van der Waals surface area contributed by atoms with Gasteiger partial charge in [0.2, 0.25) is 11.8 Å². The number of methoxy groups -OCH3 is 1. The highest BCUT2D eigenvalue weighted by atomic mass is 16.6. The van der Waals surface area contributed by atoms with E-state index in [0.29, 0.717) is 25.3 Å².